The van der Waals surface area contributed by atoms with E-state index in [1.807, 2.05) is 6.07 Å². The molecule has 1 N–H and O–H groups in total. The molecule has 0 saturated heterocycles. The normalized spacial score (nSPS) is 15.7. The second kappa shape index (κ2) is 9.16. The average Bonchev–Trinajstić information content (AvgIpc) is 2.39. The fourth-order valence-electron chi connectivity index (χ4n) is 2.42. The second-order valence-electron chi connectivity index (χ2n) is 5.61. The molecule has 0 aromatic carbocycles. The van der Waals surface area contributed by atoms with Gasteiger partial charge >= 0.3 is 0 Å². The van der Waals surface area contributed by atoms with Crippen LogP contribution in [0.25, 0.3) is 0 Å². The van der Waals surface area contributed by atoms with Gasteiger partial charge in [-0.05, 0) is 18.3 Å². The van der Waals surface area contributed by atoms with Crippen LogP contribution in [-0.2, 0) is 0 Å². The number of rotatable bonds is 10. The van der Waals surface area contributed by atoms with Crippen LogP contribution in [0, 0.1) is 16.7 Å². The highest BCUT2D eigenvalue weighted by molar-refractivity contribution is 5.23. The summed E-state index contributed by atoms with van der Waals surface area (Å²) in [6, 6.07) is 2.00. The predicted octanol–water partition coefficient (Wildman–Crippen LogP) is 4.59. The molecule has 2 nitrogen and oxygen atoms in total. The molecule has 0 rings (SSSR count). The first-order valence-electron chi connectivity index (χ1n) is 7.28. The van der Waals surface area contributed by atoms with Crippen molar-refractivity contribution < 1.29 is 5.11 Å². The van der Waals surface area contributed by atoms with Crippen LogP contribution in [0.15, 0.2) is 12.2 Å². The van der Waals surface area contributed by atoms with Crippen LogP contribution < -0.4 is 0 Å². The maximum atomic E-state index is 10.3. The quantitative estimate of drug-likeness (QED) is 0.456. The van der Waals surface area contributed by atoms with Gasteiger partial charge in [-0.2, -0.15) is 5.26 Å². The van der Waals surface area contributed by atoms with Crippen LogP contribution in [0.2, 0.25) is 0 Å². The highest BCUT2D eigenvalue weighted by atomic mass is 16.3. The van der Waals surface area contributed by atoms with Crippen LogP contribution in [-0.4, -0.2) is 11.2 Å². The number of aliphatic hydroxyl groups excluding tert-OH is 1. The van der Waals surface area contributed by atoms with Crippen molar-refractivity contribution in [3.63, 3.8) is 0 Å². The van der Waals surface area contributed by atoms with E-state index in [0.29, 0.717) is 5.57 Å². The SMILES string of the molecule is C=C(C#N)C(O)C(C)(CCCC)CCCCCC. The molecule has 0 radical (unpaired) electrons. The van der Waals surface area contributed by atoms with Gasteiger partial charge in [0.15, 0.2) is 0 Å². The molecule has 0 aromatic rings. The van der Waals surface area contributed by atoms with Gasteiger partial charge in [-0.3, -0.25) is 0 Å². The van der Waals surface area contributed by atoms with Crippen LogP contribution in [0.1, 0.15) is 72.1 Å². The molecule has 0 spiro atoms. The first-order valence-corrected chi connectivity index (χ1v) is 7.28. The molecule has 18 heavy (non-hydrogen) atoms. The Kier molecular flexibility index (Phi) is 8.75. The Hall–Kier alpha value is -0.810. The molecule has 2 atom stereocenters. The van der Waals surface area contributed by atoms with Crippen LogP contribution in [0.3, 0.4) is 0 Å². The van der Waals surface area contributed by atoms with Crippen LogP contribution in [0.4, 0.5) is 0 Å². The molecule has 0 aliphatic carbocycles. The van der Waals surface area contributed by atoms with Gasteiger partial charge in [0, 0.05) is 0 Å². The zero-order valence-corrected chi connectivity index (χ0v) is 12.3. The van der Waals surface area contributed by atoms with E-state index >= 15 is 0 Å². The molecule has 0 amide bonds. The first-order chi connectivity index (χ1) is 8.51. The van der Waals surface area contributed by atoms with Crippen molar-refractivity contribution in [1.82, 2.24) is 0 Å². The lowest BCUT2D eigenvalue weighted by Crippen LogP contribution is -2.33. The third-order valence-electron chi connectivity index (χ3n) is 3.84. The van der Waals surface area contributed by atoms with E-state index in [1.165, 1.54) is 19.3 Å². The van der Waals surface area contributed by atoms with Crippen LogP contribution >= 0.6 is 0 Å². The van der Waals surface area contributed by atoms with Crippen molar-refractivity contribution >= 4 is 0 Å². The third kappa shape index (κ3) is 5.69. The van der Waals surface area contributed by atoms with Gasteiger partial charge in [0.05, 0.1) is 17.7 Å². The summed E-state index contributed by atoms with van der Waals surface area (Å²) in [5.74, 6) is 0. The topological polar surface area (TPSA) is 44.0 Å². The summed E-state index contributed by atoms with van der Waals surface area (Å²) in [5.41, 5.74) is 0.125. The van der Waals surface area contributed by atoms with Crippen LogP contribution in [0.5, 0.6) is 0 Å². The van der Waals surface area contributed by atoms with Gasteiger partial charge in [-0.15, -0.1) is 0 Å². The minimum atomic E-state index is -0.685. The number of nitrogens with zero attached hydrogens (tertiary/aromatic N) is 1. The molecule has 2 heteroatoms. The minimum absolute atomic E-state index is 0.184. The highest BCUT2D eigenvalue weighted by Crippen LogP contribution is 2.37. The van der Waals surface area contributed by atoms with Crippen molar-refractivity contribution in [2.45, 2.75) is 78.2 Å². The zero-order chi connectivity index (χ0) is 14.0. The van der Waals surface area contributed by atoms with Gasteiger partial charge in [0.25, 0.3) is 0 Å². The number of hydrogen-bond acceptors (Lipinski definition) is 2. The predicted molar refractivity (Wildman–Crippen MR) is 77.2 cm³/mol. The van der Waals surface area contributed by atoms with Gasteiger partial charge in [0.2, 0.25) is 0 Å². The molecule has 0 fully saturated rings. The zero-order valence-electron chi connectivity index (χ0n) is 12.3. The van der Waals surface area contributed by atoms with Crippen molar-refractivity contribution in [3.05, 3.63) is 12.2 Å². The molecular formula is C16H29NO. The van der Waals surface area contributed by atoms with Crippen molar-refractivity contribution in [3.8, 4) is 6.07 Å². The minimum Gasteiger partial charge on any atom is -0.387 e. The number of aliphatic hydroxyl groups is 1. The summed E-state index contributed by atoms with van der Waals surface area (Å²) in [5, 5.41) is 19.2. The summed E-state index contributed by atoms with van der Waals surface area (Å²) in [4.78, 5) is 0. The first kappa shape index (κ1) is 17.2. The molecule has 2 unspecified atom stereocenters. The van der Waals surface area contributed by atoms with Gasteiger partial charge in [0.1, 0.15) is 0 Å². The molecule has 0 aliphatic rings. The lowest BCUT2D eigenvalue weighted by Gasteiger charge is -2.34. The van der Waals surface area contributed by atoms with E-state index in [1.54, 1.807) is 0 Å². The Balaban J connectivity index is 4.51. The van der Waals surface area contributed by atoms with Gasteiger partial charge in [-0.1, -0.05) is 65.9 Å². The van der Waals surface area contributed by atoms with E-state index in [9.17, 15) is 5.11 Å². The van der Waals surface area contributed by atoms with Gasteiger partial charge in [-0.25, -0.2) is 0 Å². The molecule has 0 aromatic heterocycles. The standard InChI is InChI=1S/C16H29NO/c1-5-7-9-10-12-16(4,11-8-6-2)15(18)14(3)13-17/h15,18H,3,5-12H2,1-2,4H3. The maximum Gasteiger partial charge on any atom is 0.0968 e. The molecular weight excluding hydrogens is 222 g/mol. The van der Waals surface area contributed by atoms with E-state index < -0.39 is 6.10 Å². The smallest absolute Gasteiger partial charge is 0.0968 e. The summed E-state index contributed by atoms with van der Waals surface area (Å²) in [7, 11) is 0. The summed E-state index contributed by atoms with van der Waals surface area (Å²) >= 11 is 0. The van der Waals surface area contributed by atoms with E-state index in [2.05, 4.69) is 27.4 Å². The van der Waals surface area contributed by atoms with E-state index in [-0.39, 0.29) is 5.41 Å². The lowest BCUT2D eigenvalue weighted by molar-refractivity contribution is 0.0513. The van der Waals surface area contributed by atoms with E-state index in [4.69, 9.17) is 5.26 Å². The van der Waals surface area contributed by atoms with Gasteiger partial charge < -0.3 is 5.11 Å². The monoisotopic (exact) mass is 251 g/mol. The lowest BCUT2D eigenvalue weighted by atomic mass is 9.73. The Labute approximate surface area is 113 Å². The Bertz CT molecular complexity index is 279. The van der Waals surface area contributed by atoms with E-state index in [0.717, 1.165) is 32.1 Å². The molecule has 104 valence electrons. The fourth-order valence-corrected chi connectivity index (χ4v) is 2.42. The number of hydrogen-bond donors (Lipinski definition) is 1. The maximum absolute atomic E-state index is 10.3. The Morgan fingerprint density at radius 2 is 1.72 bits per heavy atom. The molecule has 0 aliphatic heterocycles. The van der Waals surface area contributed by atoms with Crippen molar-refractivity contribution in [2.24, 2.45) is 5.41 Å². The highest BCUT2D eigenvalue weighted by Gasteiger charge is 2.33. The Morgan fingerprint density at radius 3 is 2.22 bits per heavy atom. The summed E-state index contributed by atoms with van der Waals surface area (Å²) < 4.78 is 0. The second-order valence-corrected chi connectivity index (χ2v) is 5.61. The summed E-state index contributed by atoms with van der Waals surface area (Å²) in [6.07, 6.45) is 8.30. The largest absolute Gasteiger partial charge is 0.387 e. The number of unbranched alkanes of at least 4 members (excludes halogenated alkanes) is 4. The third-order valence-corrected chi connectivity index (χ3v) is 3.84. The Morgan fingerprint density at radius 1 is 1.17 bits per heavy atom. The average molecular weight is 251 g/mol. The molecule has 0 heterocycles. The number of nitriles is 1. The fraction of sp³-hybridized carbons (Fsp3) is 0.812. The summed E-state index contributed by atoms with van der Waals surface area (Å²) in [6.45, 7) is 10.1. The van der Waals surface area contributed by atoms with Crippen molar-refractivity contribution in [1.29, 1.82) is 5.26 Å². The molecule has 0 saturated carbocycles. The molecule has 0 bridgehead atoms. The van der Waals surface area contributed by atoms with Crippen molar-refractivity contribution in [2.75, 3.05) is 0 Å².